The molecule has 2 aromatic heterocycles. The number of thiazole rings is 1. The summed E-state index contributed by atoms with van der Waals surface area (Å²) < 4.78 is 0. The Balaban J connectivity index is 2.14. The molecule has 0 bridgehead atoms. The van der Waals surface area contributed by atoms with Gasteiger partial charge in [-0.25, -0.2) is 4.98 Å². The van der Waals surface area contributed by atoms with Crippen molar-refractivity contribution in [2.45, 2.75) is 13.0 Å². The number of hydrogen-bond donors (Lipinski definition) is 1. The lowest BCUT2D eigenvalue weighted by molar-refractivity contribution is 0.898. The Labute approximate surface area is 109 Å². The van der Waals surface area contributed by atoms with Crippen LogP contribution in [0, 0.1) is 6.92 Å². The van der Waals surface area contributed by atoms with Crippen LogP contribution in [-0.4, -0.2) is 9.97 Å². The fourth-order valence-electron chi connectivity index (χ4n) is 2.08. The molecule has 2 heterocycles. The van der Waals surface area contributed by atoms with E-state index in [9.17, 15) is 0 Å². The first-order valence-electron chi connectivity index (χ1n) is 5.76. The number of hydrogen-bond acceptors (Lipinski definition) is 4. The lowest BCUT2D eigenvalue weighted by Gasteiger charge is -2.12. The van der Waals surface area contributed by atoms with Crippen molar-refractivity contribution in [2.24, 2.45) is 5.73 Å². The number of rotatable bonds is 2. The van der Waals surface area contributed by atoms with Crippen LogP contribution < -0.4 is 5.73 Å². The first-order valence-corrected chi connectivity index (χ1v) is 6.58. The zero-order valence-electron chi connectivity index (χ0n) is 10.00. The van der Waals surface area contributed by atoms with Gasteiger partial charge in [0.25, 0.3) is 0 Å². The van der Waals surface area contributed by atoms with E-state index in [1.807, 2.05) is 31.5 Å². The molecule has 3 aromatic rings. The first-order chi connectivity index (χ1) is 8.75. The largest absolute Gasteiger partial charge is 0.320 e. The fourth-order valence-corrected chi connectivity index (χ4v) is 2.89. The maximum Gasteiger partial charge on any atom is 0.0897 e. The molecular formula is C14H13N3S. The van der Waals surface area contributed by atoms with Gasteiger partial charge in [-0.1, -0.05) is 18.2 Å². The number of fused-ring (bicyclic) bond motifs is 1. The molecule has 0 radical (unpaired) electrons. The molecule has 0 fully saturated rings. The van der Waals surface area contributed by atoms with Crippen LogP contribution in [0.5, 0.6) is 0 Å². The third kappa shape index (κ3) is 1.89. The second kappa shape index (κ2) is 4.48. The number of nitrogens with zero attached hydrogens (tertiary/aromatic N) is 2. The molecule has 4 heteroatoms. The SMILES string of the molecule is Cc1ncc(C(N)c2cccc3ccncc23)s1. The van der Waals surface area contributed by atoms with Crippen molar-refractivity contribution in [1.29, 1.82) is 0 Å². The molecule has 1 atom stereocenters. The highest BCUT2D eigenvalue weighted by Gasteiger charge is 2.14. The second-order valence-electron chi connectivity index (χ2n) is 4.20. The van der Waals surface area contributed by atoms with Gasteiger partial charge in [-0.15, -0.1) is 11.3 Å². The summed E-state index contributed by atoms with van der Waals surface area (Å²) in [5.41, 5.74) is 7.44. The van der Waals surface area contributed by atoms with Crippen molar-refractivity contribution in [3.8, 4) is 0 Å². The Morgan fingerprint density at radius 3 is 2.89 bits per heavy atom. The molecule has 1 unspecified atom stereocenters. The van der Waals surface area contributed by atoms with E-state index in [1.54, 1.807) is 17.5 Å². The van der Waals surface area contributed by atoms with Crippen LogP contribution >= 0.6 is 11.3 Å². The summed E-state index contributed by atoms with van der Waals surface area (Å²) in [7, 11) is 0. The fraction of sp³-hybridized carbons (Fsp3) is 0.143. The van der Waals surface area contributed by atoms with Crippen molar-refractivity contribution < 1.29 is 0 Å². The normalized spacial score (nSPS) is 12.8. The van der Waals surface area contributed by atoms with Crippen LogP contribution in [-0.2, 0) is 0 Å². The lowest BCUT2D eigenvalue weighted by Crippen LogP contribution is -2.10. The molecule has 0 saturated heterocycles. The predicted molar refractivity (Wildman–Crippen MR) is 74.6 cm³/mol. The van der Waals surface area contributed by atoms with E-state index in [4.69, 9.17) is 5.73 Å². The van der Waals surface area contributed by atoms with Gasteiger partial charge in [0.15, 0.2) is 0 Å². The van der Waals surface area contributed by atoms with E-state index in [2.05, 4.69) is 22.1 Å². The van der Waals surface area contributed by atoms with E-state index < -0.39 is 0 Å². The van der Waals surface area contributed by atoms with E-state index in [0.29, 0.717) is 0 Å². The molecule has 2 N–H and O–H groups in total. The van der Waals surface area contributed by atoms with Gasteiger partial charge in [-0.3, -0.25) is 4.98 Å². The minimum atomic E-state index is -0.135. The summed E-state index contributed by atoms with van der Waals surface area (Å²) in [5.74, 6) is 0. The minimum absolute atomic E-state index is 0.135. The zero-order valence-corrected chi connectivity index (χ0v) is 10.8. The minimum Gasteiger partial charge on any atom is -0.320 e. The maximum absolute atomic E-state index is 6.34. The molecular weight excluding hydrogens is 242 g/mol. The summed E-state index contributed by atoms with van der Waals surface area (Å²) in [6.07, 6.45) is 5.53. The van der Waals surface area contributed by atoms with E-state index in [0.717, 1.165) is 20.8 Å². The zero-order chi connectivity index (χ0) is 12.5. The number of aromatic nitrogens is 2. The summed E-state index contributed by atoms with van der Waals surface area (Å²) >= 11 is 1.64. The van der Waals surface area contributed by atoms with Crippen LogP contribution in [0.25, 0.3) is 10.8 Å². The number of nitrogens with two attached hydrogens (primary N) is 1. The number of aryl methyl sites for hydroxylation is 1. The Hall–Kier alpha value is -1.78. The van der Waals surface area contributed by atoms with E-state index >= 15 is 0 Å². The van der Waals surface area contributed by atoms with E-state index in [-0.39, 0.29) is 6.04 Å². The molecule has 0 spiro atoms. The average Bonchev–Trinajstić information content (AvgIpc) is 2.84. The lowest BCUT2D eigenvalue weighted by atomic mass is 10.0. The molecule has 3 rings (SSSR count). The van der Waals surface area contributed by atoms with Gasteiger partial charge in [0.05, 0.1) is 11.0 Å². The summed E-state index contributed by atoms with van der Waals surface area (Å²) in [6.45, 7) is 1.99. The van der Waals surface area contributed by atoms with Crippen molar-refractivity contribution in [1.82, 2.24) is 9.97 Å². The van der Waals surface area contributed by atoms with Crippen molar-refractivity contribution in [3.63, 3.8) is 0 Å². The summed E-state index contributed by atoms with van der Waals surface area (Å²) in [6, 6.07) is 8.04. The molecule has 3 nitrogen and oxygen atoms in total. The maximum atomic E-state index is 6.34. The Bertz CT molecular complexity index is 685. The molecule has 0 aliphatic carbocycles. The first kappa shape index (κ1) is 11.3. The smallest absolute Gasteiger partial charge is 0.0897 e. The van der Waals surface area contributed by atoms with Gasteiger partial charge in [0.1, 0.15) is 0 Å². The van der Waals surface area contributed by atoms with Crippen LogP contribution in [0.4, 0.5) is 0 Å². The highest BCUT2D eigenvalue weighted by atomic mass is 32.1. The van der Waals surface area contributed by atoms with Gasteiger partial charge < -0.3 is 5.73 Å². The van der Waals surface area contributed by atoms with Crippen LogP contribution in [0.15, 0.2) is 42.9 Å². The predicted octanol–water partition coefficient (Wildman–Crippen LogP) is 3.05. The van der Waals surface area contributed by atoms with Crippen LogP contribution in [0.3, 0.4) is 0 Å². The highest BCUT2D eigenvalue weighted by Crippen LogP contribution is 2.29. The molecule has 90 valence electrons. The van der Waals surface area contributed by atoms with Gasteiger partial charge >= 0.3 is 0 Å². The molecule has 0 saturated carbocycles. The third-order valence-electron chi connectivity index (χ3n) is 3.00. The molecule has 18 heavy (non-hydrogen) atoms. The number of benzene rings is 1. The topological polar surface area (TPSA) is 51.8 Å². The van der Waals surface area contributed by atoms with Crippen molar-refractivity contribution in [3.05, 3.63) is 58.3 Å². The summed E-state index contributed by atoms with van der Waals surface area (Å²) in [4.78, 5) is 9.54. The van der Waals surface area contributed by atoms with Crippen LogP contribution in [0.1, 0.15) is 21.5 Å². The molecule has 0 aliphatic heterocycles. The van der Waals surface area contributed by atoms with Gasteiger partial charge in [-0.05, 0) is 23.9 Å². The van der Waals surface area contributed by atoms with E-state index in [1.165, 1.54) is 5.39 Å². The van der Waals surface area contributed by atoms with Crippen LogP contribution in [0.2, 0.25) is 0 Å². The Kier molecular flexibility index (Phi) is 2.81. The highest BCUT2D eigenvalue weighted by molar-refractivity contribution is 7.11. The quantitative estimate of drug-likeness (QED) is 0.765. The van der Waals surface area contributed by atoms with Gasteiger partial charge in [0, 0.05) is 28.9 Å². The second-order valence-corrected chi connectivity index (χ2v) is 5.47. The average molecular weight is 255 g/mol. The monoisotopic (exact) mass is 255 g/mol. The number of pyridine rings is 1. The molecule has 0 amide bonds. The van der Waals surface area contributed by atoms with Gasteiger partial charge in [-0.2, -0.15) is 0 Å². The summed E-state index contributed by atoms with van der Waals surface area (Å²) in [5, 5.41) is 3.32. The van der Waals surface area contributed by atoms with Gasteiger partial charge in [0.2, 0.25) is 0 Å². The third-order valence-corrected chi connectivity index (χ3v) is 3.99. The molecule has 1 aromatic carbocycles. The standard InChI is InChI=1S/C14H13N3S/c1-9-17-8-13(18-9)14(15)11-4-2-3-10-5-6-16-7-12(10)11/h2-8,14H,15H2,1H3. The Morgan fingerprint density at radius 1 is 1.22 bits per heavy atom. The van der Waals surface area contributed by atoms with Crippen molar-refractivity contribution in [2.75, 3.05) is 0 Å². The molecule has 0 aliphatic rings. The Morgan fingerprint density at radius 2 is 2.11 bits per heavy atom. The van der Waals surface area contributed by atoms with Crippen molar-refractivity contribution >= 4 is 22.1 Å².